The predicted molar refractivity (Wildman–Crippen MR) is 86.9 cm³/mol. The molecule has 1 aromatic carbocycles. The van der Waals surface area contributed by atoms with Gasteiger partial charge in [0.2, 0.25) is 6.79 Å². The van der Waals surface area contributed by atoms with Gasteiger partial charge in [0.15, 0.2) is 11.5 Å². The van der Waals surface area contributed by atoms with Crippen LogP contribution in [0.5, 0.6) is 11.5 Å². The van der Waals surface area contributed by atoms with Crippen LogP contribution in [0.3, 0.4) is 0 Å². The van der Waals surface area contributed by atoms with Crippen LogP contribution in [-0.2, 0) is 6.42 Å². The molecule has 0 fully saturated rings. The normalized spacial score (nSPS) is 25.5. The van der Waals surface area contributed by atoms with E-state index in [4.69, 9.17) is 15.2 Å². The summed E-state index contributed by atoms with van der Waals surface area (Å²) in [6, 6.07) is 6.42. The Morgan fingerprint density at radius 1 is 1.32 bits per heavy atom. The maximum absolute atomic E-state index is 5.92. The molecular formula is C16H22N4O2. The van der Waals surface area contributed by atoms with Gasteiger partial charge in [0.1, 0.15) is 11.7 Å². The highest BCUT2D eigenvalue weighted by atomic mass is 16.7. The molecule has 0 saturated carbocycles. The summed E-state index contributed by atoms with van der Waals surface area (Å²) in [5.74, 6) is 3.19. The van der Waals surface area contributed by atoms with Crippen LogP contribution in [-0.4, -0.2) is 37.1 Å². The summed E-state index contributed by atoms with van der Waals surface area (Å²) in [5, 5.41) is 3.40. The van der Waals surface area contributed by atoms with Gasteiger partial charge in [-0.1, -0.05) is 6.07 Å². The van der Waals surface area contributed by atoms with Crippen molar-refractivity contribution in [3.8, 4) is 11.5 Å². The molecular weight excluding hydrogens is 280 g/mol. The number of ether oxygens (including phenoxy) is 2. The summed E-state index contributed by atoms with van der Waals surface area (Å²) in [7, 11) is 0. The van der Waals surface area contributed by atoms with Gasteiger partial charge in [-0.2, -0.15) is 0 Å². The molecule has 2 aliphatic heterocycles. The molecule has 0 aliphatic carbocycles. The molecule has 2 unspecified atom stereocenters. The van der Waals surface area contributed by atoms with E-state index >= 15 is 0 Å². The quantitative estimate of drug-likeness (QED) is 0.886. The molecule has 0 amide bonds. The molecule has 0 aromatic heterocycles. The monoisotopic (exact) mass is 302 g/mol. The lowest BCUT2D eigenvalue weighted by molar-refractivity contribution is 0.174. The van der Waals surface area contributed by atoms with Crippen LogP contribution in [0.25, 0.3) is 0 Å². The van der Waals surface area contributed by atoms with Gasteiger partial charge in [-0.05, 0) is 38.0 Å². The molecule has 0 bridgehead atoms. The molecule has 3 rings (SSSR count). The number of aliphatic imine (C=N–C) groups is 2. The van der Waals surface area contributed by atoms with Crippen molar-refractivity contribution in [3.63, 3.8) is 0 Å². The number of nitrogens with zero attached hydrogens (tertiary/aromatic N) is 2. The number of rotatable bonds is 3. The Morgan fingerprint density at radius 2 is 2.14 bits per heavy atom. The van der Waals surface area contributed by atoms with E-state index in [9.17, 15) is 0 Å². The van der Waals surface area contributed by atoms with E-state index < -0.39 is 0 Å². The molecule has 118 valence electrons. The maximum atomic E-state index is 5.92. The zero-order valence-electron chi connectivity index (χ0n) is 13.0. The summed E-state index contributed by atoms with van der Waals surface area (Å²) in [4.78, 5) is 9.07. The third-order valence-corrected chi connectivity index (χ3v) is 3.98. The first-order chi connectivity index (χ1) is 10.6. The van der Waals surface area contributed by atoms with E-state index in [1.807, 2.05) is 12.1 Å². The van der Waals surface area contributed by atoms with Crippen LogP contribution in [0.2, 0.25) is 0 Å². The summed E-state index contributed by atoms with van der Waals surface area (Å²) in [5.41, 5.74) is 7.11. The Bertz CT molecular complexity index is 612. The van der Waals surface area contributed by atoms with E-state index in [2.05, 4.69) is 35.2 Å². The Balaban J connectivity index is 1.61. The lowest BCUT2D eigenvalue weighted by atomic mass is 10.1. The number of amidine groups is 2. The number of benzene rings is 1. The predicted octanol–water partition coefficient (Wildman–Crippen LogP) is 1.48. The van der Waals surface area contributed by atoms with E-state index in [-0.39, 0.29) is 12.1 Å². The molecule has 1 aromatic rings. The standard InChI is InChI=1S/C16H22N4O2/c1-10-11(2)20-16(8-15(17)19-10)18-6-5-12-3-4-13-14(7-12)22-9-21-13/h3-4,7,10-11H,5-6,8-9H2,1-2H3,(H2,17,19)(H,18,20). The Morgan fingerprint density at radius 3 is 3.00 bits per heavy atom. The Kier molecular flexibility index (Phi) is 4.18. The summed E-state index contributed by atoms with van der Waals surface area (Å²) < 4.78 is 10.7. The highest BCUT2D eigenvalue weighted by Crippen LogP contribution is 2.32. The summed E-state index contributed by atoms with van der Waals surface area (Å²) in [6.07, 6.45) is 1.44. The van der Waals surface area contributed by atoms with Crippen molar-refractivity contribution in [3.05, 3.63) is 23.8 Å². The highest BCUT2D eigenvalue weighted by molar-refractivity contribution is 6.02. The van der Waals surface area contributed by atoms with Crippen LogP contribution >= 0.6 is 0 Å². The van der Waals surface area contributed by atoms with E-state index in [1.165, 1.54) is 5.56 Å². The first kappa shape index (κ1) is 14.7. The number of hydrogen-bond donors (Lipinski definition) is 2. The number of nitrogens with one attached hydrogen (secondary N) is 1. The lowest BCUT2D eigenvalue weighted by Crippen LogP contribution is -2.37. The average molecular weight is 302 g/mol. The van der Waals surface area contributed by atoms with Gasteiger partial charge >= 0.3 is 0 Å². The van der Waals surface area contributed by atoms with Gasteiger partial charge < -0.3 is 20.5 Å². The van der Waals surface area contributed by atoms with E-state index in [1.54, 1.807) is 0 Å². The second kappa shape index (κ2) is 6.25. The molecule has 22 heavy (non-hydrogen) atoms. The summed E-state index contributed by atoms with van der Waals surface area (Å²) in [6.45, 7) is 5.16. The van der Waals surface area contributed by atoms with Gasteiger partial charge in [0.25, 0.3) is 0 Å². The van der Waals surface area contributed by atoms with Gasteiger partial charge in [-0.3, -0.25) is 9.98 Å². The van der Waals surface area contributed by atoms with Gasteiger partial charge in [0, 0.05) is 12.6 Å². The fraction of sp³-hybridized carbons (Fsp3) is 0.500. The van der Waals surface area contributed by atoms with Gasteiger partial charge in [-0.15, -0.1) is 0 Å². The first-order valence-electron chi connectivity index (χ1n) is 7.62. The minimum Gasteiger partial charge on any atom is -0.454 e. The number of fused-ring (bicyclic) bond motifs is 1. The van der Waals surface area contributed by atoms with Crippen molar-refractivity contribution in [2.75, 3.05) is 13.3 Å². The van der Waals surface area contributed by atoms with Gasteiger partial charge in [0.05, 0.1) is 12.5 Å². The smallest absolute Gasteiger partial charge is 0.231 e. The molecule has 0 radical (unpaired) electrons. The second-order valence-corrected chi connectivity index (χ2v) is 5.74. The highest BCUT2D eigenvalue weighted by Gasteiger charge is 2.18. The summed E-state index contributed by atoms with van der Waals surface area (Å²) >= 11 is 0. The van der Waals surface area contributed by atoms with Crippen molar-refractivity contribution < 1.29 is 9.47 Å². The zero-order valence-corrected chi connectivity index (χ0v) is 13.0. The Labute approximate surface area is 130 Å². The van der Waals surface area contributed by atoms with Crippen LogP contribution in [0.15, 0.2) is 28.2 Å². The van der Waals surface area contributed by atoms with Crippen molar-refractivity contribution in [1.82, 2.24) is 5.32 Å². The van der Waals surface area contributed by atoms with Crippen molar-refractivity contribution in [2.24, 2.45) is 15.7 Å². The van der Waals surface area contributed by atoms with Crippen molar-refractivity contribution in [1.29, 1.82) is 0 Å². The topological polar surface area (TPSA) is 81.2 Å². The van der Waals surface area contributed by atoms with Crippen molar-refractivity contribution in [2.45, 2.75) is 38.8 Å². The third-order valence-electron chi connectivity index (χ3n) is 3.98. The SMILES string of the molecule is CC1N=C(N)CC(=NCCc2ccc3c(c2)OCO3)NC1C. The molecule has 2 heterocycles. The van der Waals surface area contributed by atoms with E-state index in [0.717, 1.165) is 23.8 Å². The number of nitrogens with two attached hydrogens (primary N) is 1. The molecule has 0 spiro atoms. The average Bonchev–Trinajstić information content (AvgIpc) is 2.89. The van der Waals surface area contributed by atoms with Crippen molar-refractivity contribution >= 4 is 11.7 Å². The Hall–Kier alpha value is -2.24. The zero-order chi connectivity index (χ0) is 15.5. The first-order valence-corrected chi connectivity index (χ1v) is 7.62. The van der Waals surface area contributed by atoms with E-state index in [0.29, 0.717) is 25.6 Å². The third kappa shape index (κ3) is 3.32. The minimum absolute atomic E-state index is 0.168. The van der Waals surface area contributed by atoms with Crippen LogP contribution in [0.1, 0.15) is 25.8 Å². The van der Waals surface area contributed by atoms with Crippen LogP contribution < -0.4 is 20.5 Å². The van der Waals surface area contributed by atoms with Crippen LogP contribution in [0, 0.1) is 0 Å². The molecule has 6 nitrogen and oxygen atoms in total. The minimum atomic E-state index is 0.168. The number of hydrogen-bond acceptors (Lipinski definition) is 5. The fourth-order valence-electron chi connectivity index (χ4n) is 2.54. The fourth-order valence-corrected chi connectivity index (χ4v) is 2.54. The largest absolute Gasteiger partial charge is 0.454 e. The molecule has 2 aliphatic rings. The van der Waals surface area contributed by atoms with Gasteiger partial charge in [-0.25, -0.2) is 0 Å². The molecule has 6 heteroatoms. The lowest BCUT2D eigenvalue weighted by Gasteiger charge is -2.16. The van der Waals surface area contributed by atoms with Crippen LogP contribution in [0.4, 0.5) is 0 Å². The second-order valence-electron chi connectivity index (χ2n) is 5.74. The molecule has 0 saturated heterocycles. The molecule has 2 atom stereocenters. The molecule has 3 N–H and O–H groups in total. The maximum Gasteiger partial charge on any atom is 0.231 e.